The number of amides is 2. The minimum atomic E-state index is -0.458. The molecular formula is C13H16ClFN2O2. The van der Waals surface area contributed by atoms with Gasteiger partial charge in [-0.2, -0.15) is 0 Å². The Balaban J connectivity index is 1.89. The van der Waals surface area contributed by atoms with Crippen LogP contribution in [0, 0.1) is 5.82 Å². The molecule has 1 saturated carbocycles. The Morgan fingerprint density at radius 2 is 2.00 bits per heavy atom. The van der Waals surface area contributed by atoms with Gasteiger partial charge in [-0.1, -0.05) is 11.6 Å². The van der Waals surface area contributed by atoms with E-state index in [4.69, 9.17) is 11.6 Å². The normalized spacial score (nSPS) is 22.9. The Labute approximate surface area is 116 Å². The molecule has 104 valence electrons. The van der Waals surface area contributed by atoms with Gasteiger partial charge in [-0.05, 0) is 43.9 Å². The van der Waals surface area contributed by atoms with E-state index in [-0.39, 0.29) is 22.9 Å². The molecule has 0 unspecified atom stereocenters. The van der Waals surface area contributed by atoms with Crippen molar-refractivity contribution in [2.75, 3.05) is 5.32 Å². The quantitative estimate of drug-likeness (QED) is 0.783. The first kappa shape index (κ1) is 14.1. The monoisotopic (exact) mass is 286 g/mol. The van der Waals surface area contributed by atoms with Gasteiger partial charge in [0.1, 0.15) is 5.82 Å². The molecule has 2 amide bonds. The van der Waals surface area contributed by atoms with Crippen LogP contribution in [0.2, 0.25) is 5.02 Å². The van der Waals surface area contributed by atoms with Crippen LogP contribution in [0.5, 0.6) is 0 Å². The molecule has 1 aromatic rings. The first-order valence-electron chi connectivity index (χ1n) is 6.25. The van der Waals surface area contributed by atoms with Crippen molar-refractivity contribution < 1.29 is 14.3 Å². The van der Waals surface area contributed by atoms with Crippen molar-refractivity contribution in [2.24, 2.45) is 0 Å². The number of aliphatic hydroxyl groups is 1. The van der Waals surface area contributed by atoms with Crippen molar-refractivity contribution in [2.45, 2.75) is 37.8 Å². The average Bonchev–Trinajstić information content (AvgIpc) is 2.37. The molecule has 0 aliphatic heterocycles. The van der Waals surface area contributed by atoms with Gasteiger partial charge in [0.15, 0.2) is 0 Å². The molecule has 0 bridgehead atoms. The smallest absolute Gasteiger partial charge is 0.319 e. The summed E-state index contributed by atoms with van der Waals surface area (Å²) in [5.74, 6) is -0.458. The van der Waals surface area contributed by atoms with Gasteiger partial charge in [0.25, 0.3) is 0 Å². The Bertz CT molecular complexity index is 462. The maximum atomic E-state index is 13.0. The number of halogens is 2. The van der Waals surface area contributed by atoms with Crippen molar-refractivity contribution >= 4 is 23.3 Å². The summed E-state index contributed by atoms with van der Waals surface area (Å²) >= 11 is 5.86. The maximum absolute atomic E-state index is 13.0. The summed E-state index contributed by atoms with van der Waals surface area (Å²) in [7, 11) is 0. The number of hydrogen-bond acceptors (Lipinski definition) is 2. The zero-order valence-electron chi connectivity index (χ0n) is 10.3. The lowest BCUT2D eigenvalue weighted by Gasteiger charge is -2.26. The lowest BCUT2D eigenvalue weighted by atomic mass is 9.93. The zero-order valence-corrected chi connectivity index (χ0v) is 11.1. The van der Waals surface area contributed by atoms with E-state index in [1.54, 1.807) is 0 Å². The number of anilines is 1. The minimum absolute atomic E-state index is 0.0377. The molecule has 0 heterocycles. The number of carbonyl (C=O) groups is 1. The summed E-state index contributed by atoms with van der Waals surface area (Å²) in [6.07, 6.45) is 2.59. The molecule has 6 heteroatoms. The van der Waals surface area contributed by atoms with Gasteiger partial charge in [-0.15, -0.1) is 0 Å². The van der Waals surface area contributed by atoms with E-state index < -0.39 is 11.8 Å². The molecule has 0 aromatic heterocycles. The Kier molecular flexibility index (Phi) is 4.61. The van der Waals surface area contributed by atoms with Gasteiger partial charge >= 0.3 is 6.03 Å². The van der Waals surface area contributed by atoms with Crippen molar-refractivity contribution in [1.29, 1.82) is 0 Å². The third kappa shape index (κ3) is 4.08. The van der Waals surface area contributed by atoms with Crippen molar-refractivity contribution in [1.82, 2.24) is 5.32 Å². The third-order valence-corrected chi connectivity index (χ3v) is 3.54. The number of hydrogen-bond donors (Lipinski definition) is 3. The largest absolute Gasteiger partial charge is 0.393 e. The van der Waals surface area contributed by atoms with Crippen LogP contribution >= 0.6 is 11.6 Å². The number of carbonyl (C=O) groups excluding carboxylic acids is 1. The molecule has 1 aliphatic carbocycles. The van der Waals surface area contributed by atoms with E-state index in [0.29, 0.717) is 12.8 Å². The standard InChI is InChI=1S/C13H16ClFN2O2/c14-11-6-1-8(15)7-12(11)17-13(19)16-9-2-4-10(18)5-3-9/h1,6-7,9-10,18H,2-5H2,(H2,16,17,19). The number of rotatable bonds is 2. The van der Waals surface area contributed by atoms with Crippen LogP contribution in [0.3, 0.4) is 0 Å². The minimum Gasteiger partial charge on any atom is -0.393 e. The first-order chi connectivity index (χ1) is 9.04. The predicted octanol–water partition coefficient (Wildman–Crippen LogP) is 2.90. The SMILES string of the molecule is O=C(Nc1cc(F)ccc1Cl)NC1CCC(O)CC1. The maximum Gasteiger partial charge on any atom is 0.319 e. The summed E-state index contributed by atoms with van der Waals surface area (Å²) in [6.45, 7) is 0. The van der Waals surface area contributed by atoms with Crippen LogP contribution in [-0.4, -0.2) is 23.3 Å². The second kappa shape index (κ2) is 6.21. The number of nitrogens with one attached hydrogen (secondary N) is 2. The molecule has 2 rings (SSSR count). The fourth-order valence-corrected chi connectivity index (χ4v) is 2.32. The second-order valence-corrected chi connectivity index (χ2v) is 5.14. The Hall–Kier alpha value is -1.33. The molecule has 0 spiro atoms. The van der Waals surface area contributed by atoms with Gasteiger partial charge in [0.2, 0.25) is 0 Å². The lowest BCUT2D eigenvalue weighted by molar-refractivity contribution is 0.118. The Morgan fingerprint density at radius 1 is 1.32 bits per heavy atom. The molecule has 0 saturated heterocycles. The average molecular weight is 287 g/mol. The predicted molar refractivity (Wildman–Crippen MR) is 71.8 cm³/mol. The van der Waals surface area contributed by atoms with E-state index in [0.717, 1.165) is 12.8 Å². The van der Waals surface area contributed by atoms with Crippen molar-refractivity contribution in [3.8, 4) is 0 Å². The molecule has 19 heavy (non-hydrogen) atoms. The van der Waals surface area contributed by atoms with Gasteiger partial charge in [0, 0.05) is 6.04 Å². The van der Waals surface area contributed by atoms with E-state index >= 15 is 0 Å². The van der Waals surface area contributed by atoms with Crippen LogP contribution in [0.1, 0.15) is 25.7 Å². The second-order valence-electron chi connectivity index (χ2n) is 4.73. The molecule has 0 atom stereocenters. The summed E-state index contributed by atoms with van der Waals surface area (Å²) < 4.78 is 13.0. The van der Waals surface area contributed by atoms with Gasteiger partial charge in [-0.3, -0.25) is 0 Å². The van der Waals surface area contributed by atoms with Gasteiger partial charge in [-0.25, -0.2) is 9.18 Å². The summed E-state index contributed by atoms with van der Waals surface area (Å²) in [5, 5.41) is 15.0. The summed E-state index contributed by atoms with van der Waals surface area (Å²) in [5.41, 5.74) is 0.245. The highest BCUT2D eigenvalue weighted by Gasteiger charge is 2.20. The van der Waals surface area contributed by atoms with Crippen LogP contribution < -0.4 is 10.6 Å². The van der Waals surface area contributed by atoms with Gasteiger partial charge in [0.05, 0.1) is 16.8 Å². The van der Waals surface area contributed by atoms with E-state index in [2.05, 4.69) is 10.6 Å². The highest BCUT2D eigenvalue weighted by Crippen LogP contribution is 2.23. The van der Waals surface area contributed by atoms with E-state index in [1.807, 2.05) is 0 Å². The number of benzene rings is 1. The third-order valence-electron chi connectivity index (χ3n) is 3.21. The summed E-state index contributed by atoms with van der Waals surface area (Å²) in [4.78, 5) is 11.8. The highest BCUT2D eigenvalue weighted by atomic mass is 35.5. The van der Waals surface area contributed by atoms with Crippen molar-refractivity contribution in [3.05, 3.63) is 29.0 Å². The molecule has 4 nitrogen and oxygen atoms in total. The van der Waals surface area contributed by atoms with Crippen LogP contribution in [0.15, 0.2) is 18.2 Å². The number of aliphatic hydroxyl groups excluding tert-OH is 1. The lowest BCUT2D eigenvalue weighted by Crippen LogP contribution is -2.40. The van der Waals surface area contributed by atoms with Gasteiger partial charge < -0.3 is 15.7 Å². The van der Waals surface area contributed by atoms with Crippen LogP contribution in [0.4, 0.5) is 14.9 Å². The van der Waals surface area contributed by atoms with E-state index in [1.165, 1.54) is 18.2 Å². The molecule has 1 fully saturated rings. The molecule has 1 aliphatic rings. The molecule has 1 aromatic carbocycles. The fourth-order valence-electron chi connectivity index (χ4n) is 2.16. The molecular weight excluding hydrogens is 271 g/mol. The summed E-state index contributed by atoms with van der Waals surface area (Å²) in [6, 6.07) is 3.42. The first-order valence-corrected chi connectivity index (χ1v) is 6.63. The van der Waals surface area contributed by atoms with Crippen LogP contribution in [-0.2, 0) is 0 Å². The number of urea groups is 1. The highest BCUT2D eigenvalue weighted by molar-refractivity contribution is 6.33. The fraction of sp³-hybridized carbons (Fsp3) is 0.462. The van der Waals surface area contributed by atoms with Crippen molar-refractivity contribution in [3.63, 3.8) is 0 Å². The topological polar surface area (TPSA) is 61.4 Å². The molecule has 0 radical (unpaired) electrons. The Morgan fingerprint density at radius 3 is 2.68 bits per heavy atom. The van der Waals surface area contributed by atoms with Crippen LogP contribution in [0.25, 0.3) is 0 Å². The zero-order chi connectivity index (χ0) is 13.8. The molecule has 3 N–H and O–H groups in total. The van der Waals surface area contributed by atoms with E-state index in [9.17, 15) is 14.3 Å².